The first kappa shape index (κ1) is 40.2. The topological polar surface area (TPSA) is 0 Å². The molecule has 1 atom stereocenters. The van der Waals surface area contributed by atoms with E-state index >= 15 is 0 Å². The van der Waals surface area contributed by atoms with Crippen LogP contribution < -0.4 is 0 Å². The molecule has 5 saturated carbocycles. The first-order valence-electron chi connectivity index (χ1n) is 20.2. The summed E-state index contributed by atoms with van der Waals surface area (Å²) in [5, 5.41) is 5.73. The minimum atomic E-state index is -0.826. The molecule has 0 amide bonds. The van der Waals surface area contributed by atoms with Crippen molar-refractivity contribution in [1.82, 2.24) is 0 Å². The molecule has 0 N–H and O–H groups in total. The number of halogens is 2. The maximum atomic E-state index is 4.93. The van der Waals surface area contributed by atoms with Gasteiger partial charge in [0.15, 0.2) is 0 Å². The number of rotatable bonds is 5. The average Bonchev–Trinajstić information content (AvgIpc) is 3.75. The van der Waals surface area contributed by atoms with Gasteiger partial charge in [0.2, 0.25) is 0 Å². The number of aryl methyl sites for hydroxylation is 1. The van der Waals surface area contributed by atoms with E-state index in [1.54, 1.807) is 16.7 Å². The molecule has 1 unspecified atom stereocenters. The molecule has 5 aliphatic carbocycles. The van der Waals surface area contributed by atoms with E-state index in [1.807, 2.05) is 0 Å². The molecule has 0 aliphatic heterocycles. The van der Waals surface area contributed by atoms with Gasteiger partial charge in [-0.15, -0.1) is 69.1 Å². The second-order valence-electron chi connectivity index (χ2n) is 17.1. The van der Waals surface area contributed by atoms with Gasteiger partial charge < -0.3 is 0 Å². The van der Waals surface area contributed by atoms with E-state index in [0.717, 1.165) is 39.1 Å². The Balaban J connectivity index is 0.000000160. The van der Waals surface area contributed by atoms with Gasteiger partial charge in [-0.1, -0.05) is 108 Å². The standard InChI is InChI=1S/C26H27.C20H27.C2H6Si.2ClH.Zr/c1-17-9-22-3-2-4-24(25(22)10-17)21-5-7-23(8-6-21)26-14-18-11-19(15-26)13-20(12-18)16-26;1-4-15(3)19-7-5-6-17-12-18(13-20(17)19)16-10-8-14(2)9-11-16;1-3-2;;;/h2-10,18-20H,11-16H2,1H3;5-7,12-16H,4,8-11H2,1-3H3;1-2H3;2*1H;/q2*-1;;;;+4/p-2. The Hall–Kier alpha value is -1.44. The molecule has 5 aliphatic rings. The van der Waals surface area contributed by atoms with Crippen molar-refractivity contribution in [3.05, 3.63) is 107 Å². The molecule has 0 nitrogen and oxygen atoms in total. The van der Waals surface area contributed by atoms with Gasteiger partial charge in [-0.2, -0.15) is 12.1 Å². The van der Waals surface area contributed by atoms with Gasteiger partial charge in [0.05, 0.1) is 0 Å². The number of hydrogen-bond acceptors (Lipinski definition) is 0. The van der Waals surface area contributed by atoms with Gasteiger partial charge in [-0.05, 0) is 103 Å². The van der Waals surface area contributed by atoms with Gasteiger partial charge in [-0.25, -0.2) is 0 Å². The van der Waals surface area contributed by atoms with Gasteiger partial charge in [0.25, 0.3) is 0 Å². The van der Waals surface area contributed by atoms with Crippen molar-refractivity contribution in [2.75, 3.05) is 0 Å². The van der Waals surface area contributed by atoms with Crippen LogP contribution in [-0.4, -0.2) is 9.52 Å². The van der Waals surface area contributed by atoms with Gasteiger partial charge in [0, 0.05) is 9.52 Å². The van der Waals surface area contributed by atoms with E-state index in [2.05, 4.69) is 126 Å². The molecule has 0 saturated heterocycles. The quantitative estimate of drug-likeness (QED) is 0.122. The minimum absolute atomic E-state index is 0.510. The molecule has 10 rings (SSSR count). The fourth-order valence-electron chi connectivity index (χ4n) is 10.9. The van der Waals surface area contributed by atoms with E-state index in [-0.39, 0.29) is 0 Å². The third-order valence-electron chi connectivity index (χ3n) is 13.2. The fraction of sp³-hybridized carbons (Fsp3) is 0.500. The van der Waals surface area contributed by atoms with E-state index in [0.29, 0.717) is 11.3 Å². The first-order chi connectivity index (χ1) is 25.2. The summed E-state index contributed by atoms with van der Waals surface area (Å²) in [4.78, 5) is 0. The van der Waals surface area contributed by atoms with Crippen molar-refractivity contribution in [2.45, 2.75) is 129 Å². The molecule has 0 aromatic heterocycles. The average molecular weight is 827 g/mol. The molecule has 2 radical (unpaired) electrons. The number of hydrogen-bond donors (Lipinski definition) is 0. The van der Waals surface area contributed by atoms with Gasteiger partial charge in [0.1, 0.15) is 0 Å². The van der Waals surface area contributed by atoms with Crippen molar-refractivity contribution in [3.63, 3.8) is 0 Å². The van der Waals surface area contributed by atoms with Crippen molar-refractivity contribution in [1.29, 1.82) is 0 Å². The first-order valence-corrected chi connectivity index (χ1v) is 28.5. The molecule has 4 bridgehead atoms. The number of benzene rings is 3. The molecule has 0 heterocycles. The Kier molecular flexibility index (Phi) is 14.3. The van der Waals surface area contributed by atoms with Crippen LogP contribution >= 0.6 is 17.0 Å². The van der Waals surface area contributed by atoms with Crippen LogP contribution in [0.25, 0.3) is 32.7 Å². The van der Waals surface area contributed by atoms with Crippen molar-refractivity contribution in [2.24, 2.45) is 23.7 Å². The predicted octanol–water partition coefficient (Wildman–Crippen LogP) is 15.5. The van der Waals surface area contributed by atoms with Gasteiger partial charge >= 0.3 is 37.9 Å². The van der Waals surface area contributed by atoms with Crippen LogP contribution in [0.4, 0.5) is 0 Å². The van der Waals surface area contributed by atoms with Crippen LogP contribution in [0.15, 0.2) is 84.9 Å². The maximum absolute atomic E-state index is 4.93. The summed E-state index contributed by atoms with van der Waals surface area (Å²) in [6.07, 6.45) is 15.7. The van der Waals surface area contributed by atoms with Crippen LogP contribution in [0.5, 0.6) is 0 Å². The summed E-state index contributed by atoms with van der Waals surface area (Å²) in [6, 6.07) is 32.9. The molecule has 5 fully saturated rings. The summed E-state index contributed by atoms with van der Waals surface area (Å²) >= 11 is -0.826. The van der Waals surface area contributed by atoms with Gasteiger partial charge in [-0.3, -0.25) is 0 Å². The van der Waals surface area contributed by atoms with Crippen LogP contribution in [0.3, 0.4) is 0 Å². The molecular weight excluding hydrogens is 767 g/mol. The Labute approximate surface area is 337 Å². The zero-order chi connectivity index (χ0) is 36.8. The fourth-order valence-corrected chi connectivity index (χ4v) is 10.9. The molecule has 4 heteroatoms. The summed E-state index contributed by atoms with van der Waals surface area (Å²) in [5.74, 6) is 5.46. The Morgan fingerprint density at radius 1 is 0.788 bits per heavy atom. The van der Waals surface area contributed by atoms with Crippen molar-refractivity contribution >= 4 is 48.1 Å². The molecule has 0 spiro atoms. The SMILES string of the molecule is CCC(C)c1cccc2[cH-]c(C3CCC(C)CC3)cc12.C[Si]C.Cc1cc2c(-c3ccc(C45CC6CC(CC(C6)C4)C5)cc3)cccc2[cH-]1.[Cl][Zr+2][Cl]. The molecular formula is C48H60Cl2SiZr. The summed E-state index contributed by atoms with van der Waals surface area (Å²) in [6.45, 7) is 13.5. The van der Waals surface area contributed by atoms with Crippen LogP contribution in [0.1, 0.15) is 125 Å². The van der Waals surface area contributed by atoms with Crippen LogP contribution in [0.2, 0.25) is 13.1 Å². The summed E-state index contributed by atoms with van der Waals surface area (Å²) in [5.41, 5.74) is 9.39. The second kappa shape index (κ2) is 18.5. The zero-order valence-electron chi connectivity index (χ0n) is 32.6. The Morgan fingerprint density at radius 2 is 1.35 bits per heavy atom. The van der Waals surface area contributed by atoms with E-state index in [1.165, 1.54) is 109 Å². The van der Waals surface area contributed by atoms with Crippen LogP contribution in [0, 0.1) is 30.6 Å². The molecule has 52 heavy (non-hydrogen) atoms. The molecule has 5 aromatic rings. The Morgan fingerprint density at radius 3 is 1.92 bits per heavy atom. The predicted molar refractivity (Wildman–Crippen MR) is 227 cm³/mol. The zero-order valence-corrected chi connectivity index (χ0v) is 37.6. The van der Waals surface area contributed by atoms with Crippen molar-refractivity contribution in [3.8, 4) is 11.1 Å². The molecule has 5 aromatic carbocycles. The van der Waals surface area contributed by atoms with Crippen LogP contribution in [-0.2, 0) is 26.3 Å². The normalized spacial score (nSPS) is 26.3. The van der Waals surface area contributed by atoms with Crippen molar-refractivity contribution < 1.29 is 20.8 Å². The van der Waals surface area contributed by atoms with E-state index in [4.69, 9.17) is 17.0 Å². The Bertz CT molecular complexity index is 1820. The third-order valence-corrected chi connectivity index (χ3v) is 13.2. The van der Waals surface area contributed by atoms with E-state index in [9.17, 15) is 0 Å². The summed E-state index contributed by atoms with van der Waals surface area (Å²) < 4.78 is 0. The monoisotopic (exact) mass is 824 g/mol. The third kappa shape index (κ3) is 9.15. The molecule has 274 valence electrons. The summed E-state index contributed by atoms with van der Waals surface area (Å²) in [7, 11) is 11.0. The number of fused-ring (bicyclic) bond motifs is 2. The van der Waals surface area contributed by atoms with E-state index < -0.39 is 20.8 Å². The second-order valence-corrected chi connectivity index (χ2v) is 21.8.